The lowest BCUT2D eigenvalue weighted by Gasteiger charge is -2.31. The third-order valence-corrected chi connectivity index (χ3v) is 3.15. The number of rotatable bonds is 3. The van der Waals surface area contributed by atoms with Crippen molar-refractivity contribution in [2.75, 3.05) is 6.54 Å². The first-order valence-corrected chi connectivity index (χ1v) is 5.42. The summed E-state index contributed by atoms with van der Waals surface area (Å²) >= 11 is 0. The van der Waals surface area contributed by atoms with Crippen molar-refractivity contribution in [2.45, 2.75) is 57.7 Å². The highest BCUT2D eigenvalue weighted by molar-refractivity contribution is 5.03. The van der Waals surface area contributed by atoms with Crippen molar-refractivity contribution in [1.82, 2.24) is 4.90 Å². The van der Waals surface area contributed by atoms with Crippen LogP contribution in [0.25, 0.3) is 0 Å². The molecular weight excluding hydrogens is 174 g/mol. The average molecular weight is 195 g/mol. The van der Waals surface area contributed by atoms with E-state index in [2.05, 4.69) is 24.8 Å². The zero-order valence-electron chi connectivity index (χ0n) is 9.45. The van der Waals surface area contributed by atoms with Gasteiger partial charge in [0.2, 0.25) is 0 Å². The van der Waals surface area contributed by atoms with Gasteiger partial charge in [-0.25, -0.2) is 0 Å². The highest BCUT2D eigenvalue weighted by atomic mass is 15.2. The molecule has 0 aliphatic carbocycles. The van der Waals surface area contributed by atoms with Gasteiger partial charge >= 0.3 is 0 Å². The molecule has 1 heterocycles. The summed E-state index contributed by atoms with van der Waals surface area (Å²) in [7, 11) is 0. The van der Waals surface area contributed by atoms with Crippen molar-refractivity contribution in [3.05, 3.63) is 0 Å². The smallest absolute Gasteiger partial charge is 0.102 e. The minimum Gasteiger partial charge on any atom is -0.314 e. The van der Waals surface area contributed by atoms with E-state index in [0.29, 0.717) is 12.1 Å². The van der Waals surface area contributed by atoms with Gasteiger partial charge in [-0.3, -0.25) is 4.90 Å². The summed E-state index contributed by atoms with van der Waals surface area (Å²) < 4.78 is 0. The van der Waals surface area contributed by atoms with Crippen LogP contribution in [0.1, 0.15) is 40.0 Å². The van der Waals surface area contributed by atoms with Crippen LogP contribution in [0.15, 0.2) is 0 Å². The number of likely N-dealkylation sites (tertiary alicyclic amines) is 1. The summed E-state index contributed by atoms with van der Waals surface area (Å²) in [5.74, 6) is 0. The van der Waals surface area contributed by atoms with E-state index in [4.69, 9.17) is 11.0 Å². The lowest BCUT2D eigenvalue weighted by atomic mass is 9.95. The van der Waals surface area contributed by atoms with Gasteiger partial charge in [0.1, 0.15) is 5.54 Å². The molecule has 1 rings (SSSR count). The van der Waals surface area contributed by atoms with Crippen LogP contribution >= 0.6 is 0 Å². The maximum atomic E-state index is 8.86. The van der Waals surface area contributed by atoms with Gasteiger partial charge in [0.15, 0.2) is 0 Å². The molecule has 1 saturated heterocycles. The van der Waals surface area contributed by atoms with Gasteiger partial charge in [-0.15, -0.1) is 0 Å². The second-order valence-corrected chi connectivity index (χ2v) is 4.81. The fourth-order valence-corrected chi connectivity index (χ4v) is 2.39. The first-order valence-electron chi connectivity index (χ1n) is 5.42. The summed E-state index contributed by atoms with van der Waals surface area (Å²) in [5, 5.41) is 8.86. The summed E-state index contributed by atoms with van der Waals surface area (Å²) in [4.78, 5) is 2.46. The number of hydrogen-bond donors (Lipinski definition) is 1. The summed E-state index contributed by atoms with van der Waals surface area (Å²) in [6, 6.07) is 3.23. The molecule has 0 radical (unpaired) electrons. The van der Waals surface area contributed by atoms with Crippen molar-refractivity contribution in [1.29, 1.82) is 5.26 Å². The lowest BCUT2D eigenvalue weighted by Crippen LogP contribution is -2.44. The van der Waals surface area contributed by atoms with Crippen LogP contribution in [0.2, 0.25) is 0 Å². The monoisotopic (exact) mass is 195 g/mol. The summed E-state index contributed by atoms with van der Waals surface area (Å²) in [5.41, 5.74) is 5.16. The van der Waals surface area contributed by atoms with Crippen molar-refractivity contribution in [2.24, 2.45) is 5.73 Å². The Balaban J connectivity index is 2.50. The Kier molecular flexibility index (Phi) is 3.52. The number of nitrogens with zero attached hydrogens (tertiary/aromatic N) is 2. The molecular formula is C11H21N3. The van der Waals surface area contributed by atoms with E-state index in [1.165, 1.54) is 12.8 Å². The molecule has 1 aliphatic heterocycles. The fraction of sp³-hybridized carbons (Fsp3) is 0.909. The van der Waals surface area contributed by atoms with Crippen molar-refractivity contribution >= 4 is 0 Å². The van der Waals surface area contributed by atoms with Crippen LogP contribution in [0, 0.1) is 11.3 Å². The van der Waals surface area contributed by atoms with Gasteiger partial charge in [0, 0.05) is 12.1 Å². The molecule has 1 aliphatic rings. The van der Waals surface area contributed by atoms with E-state index in [1.807, 2.05) is 6.92 Å². The molecule has 0 bridgehead atoms. The summed E-state index contributed by atoms with van der Waals surface area (Å²) in [6.07, 6.45) is 3.31. The molecule has 3 heteroatoms. The summed E-state index contributed by atoms with van der Waals surface area (Å²) in [6.45, 7) is 7.39. The van der Waals surface area contributed by atoms with Crippen molar-refractivity contribution in [3.63, 3.8) is 0 Å². The van der Waals surface area contributed by atoms with E-state index in [9.17, 15) is 0 Å². The van der Waals surface area contributed by atoms with Crippen LogP contribution in [-0.4, -0.2) is 29.1 Å². The Morgan fingerprint density at radius 2 is 2.36 bits per heavy atom. The molecule has 3 atom stereocenters. The Morgan fingerprint density at radius 3 is 2.79 bits per heavy atom. The average Bonchev–Trinajstić information content (AvgIpc) is 2.51. The standard InChI is InChI=1S/C11H21N3/c1-9-5-4-6-14(9)10(2)7-11(3,13)8-12/h9-10H,4-7,13H2,1-3H3. The molecule has 3 nitrogen and oxygen atoms in total. The Morgan fingerprint density at radius 1 is 1.71 bits per heavy atom. The molecule has 3 unspecified atom stereocenters. The highest BCUT2D eigenvalue weighted by Crippen LogP contribution is 2.23. The van der Waals surface area contributed by atoms with Gasteiger partial charge in [0.25, 0.3) is 0 Å². The van der Waals surface area contributed by atoms with Crippen LogP contribution in [0.3, 0.4) is 0 Å². The van der Waals surface area contributed by atoms with Crippen LogP contribution in [0.5, 0.6) is 0 Å². The maximum Gasteiger partial charge on any atom is 0.102 e. The lowest BCUT2D eigenvalue weighted by molar-refractivity contribution is 0.179. The number of nitrogens with two attached hydrogens (primary N) is 1. The molecule has 0 spiro atoms. The Bertz CT molecular complexity index is 229. The van der Waals surface area contributed by atoms with Gasteiger partial charge in [0.05, 0.1) is 6.07 Å². The topological polar surface area (TPSA) is 53.0 Å². The highest BCUT2D eigenvalue weighted by Gasteiger charge is 2.29. The van der Waals surface area contributed by atoms with Gasteiger partial charge in [-0.1, -0.05) is 0 Å². The molecule has 0 aromatic rings. The SMILES string of the molecule is CC1CCCN1C(C)CC(C)(N)C#N. The zero-order chi connectivity index (χ0) is 10.8. The van der Waals surface area contributed by atoms with E-state index >= 15 is 0 Å². The van der Waals surface area contributed by atoms with Gasteiger partial charge < -0.3 is 5.73 Å². The molecule has 0 amide bonds. The fourth-order valence-electron chi connectivity index (χ4n) is 2.39. The second kappa shape index (κ2) is 4.29. The van der Waals surface area contributed by atoms with E-state index < -0.39 is 5.54 Å². The van der Waals surface area contributed by atoms with Crippen molar-refractivity contribution in [3.8, 4) is 6.07 Å². The van der Waals surface area contributed by atoms with E-state index in [1.54, 1.807) is 0 Å². The molecule has 80 valence electrons. The van der Waals surface area contributed by atoms with E-state index in [0.717, 1.165) is 13.0 Å². The van der Waals surface area contributed by atoms with Crippen LogP contribution in [0.4, 0.5) is 0 Å². The zero-order valence-corrected chi connectivity index (χ0v) is 9.45. The maximum absolute atomic E-state index is 8.86. The Hall–Kier alpha value is -0.590. The second-order valence-electron chi connectivity index (χ2n) is 4.81. The first-order chi connectivity index (χ1) is 6.46. The van der Waals surface area contributed by atoms with Crippen LogP contribution in [-0.2, 0) is 0 Å². The quantitative estimate of drug-likeness (QED) is 0.742. The molecule has 1 fully saturated rings. The first kappa shape index (κ1) is 11.5. The van der Waals surface area contributed by atoms with E-state index in [-0.39, 0.29) is 0 Å². The van der Waals surface area contributed by atoms with Crippen molar-refractivity contribution < 1.29 is 0 Å². The predicted octanol–water partition coefficient (Wildman–Crippen LogP) is 1.49. The van der Waals surface area contributed by atoms with Gasteiger partial charge in [-0.05, 0) is 46.6 Å². The largest absolute Gasteiger partial charge is 0.314 e. The molecule has 0 aromatic heterocycles. The molecule has 2 N–H and O–H groups in total. The number of nitriles is 1. The molecule has 14 heavy (non-hydrogen) atoms. The minimum absolute atomic E-state index is 0.419. The predicted molar refractivity (Wildman–Crippen MR) is 57.7 cm³/mol. The third kappa shape index (κ3) is 2.70. The normalized spacial score (nSPS) is 29.5. The molecule has 0 aromatic carbocycles. The third-order valence-electron chi connectivity index (χ3n) is 3.15. The van der Waals surface area contributed by atoms with Gasteiger partial charge in [-0.2, -0.15) is 5.26 Å². The minimum atomic E-state index is -0.679. The Labute approximate surface area is 86.9 Å². The molecule has 0 saturated carbocycles. The number of hydrogen-bond acceptors (Lipinski definition) is 3. The van der Waals surface area contributed by atoms with Crippen LogP contribution < -0.4 is 5.73 Å².